The molecule has 0 aliphatic rings. The molecule has 1 aromatic heterocycles. The van der Waals surface area contributed by atoms with E-state index < -0.39 is 10.0 Å². The highest BCUT2D eigenvalue weighted by Crippen LogP contribution is 2.12. The van der Waals surface area contributed by atoms with Crippen molar-refractivity contribution in [2.75, 3.05) is 16.5 Å². The van der Waals surface area contributed by atoms with E-state index in [9.17, 15) is 8.42 Å². The fourth-order valence-corrected chi connectivity index (χ4v) is 1.65. The van der Waals surface area contributed by atoms with Crippen LogP contribution in [0, 0.1) is 0 Å². The van der Waals surface area contributed by atoms with Gasteiger partial charge in [0.2, 0.25) is 15.9 Å². The van der Waals surface area contributed by atoms with Crippen LogP contribution < -0.4 is 9.46 Å². The summed E-state index contributed by atoms with van der Waals surface area (Å²) >= 11 is 2.86. The van der Waals surface area contributed by atoms with E-state index in [1.165, 1.54) is 13.3 Å². The van der Waals surface area contributed by atoms with Gasteiger partial charge in [-0.2, -0.15) is 0 Å². The van der Waals surface area contributed by atoms with E-state index in [-0.39, 0.29) is 4.66 Å². The van der Waals surface area contributed by atoms with Gasteiger partial charge in [0.25, 0.3) is 0 Å². The average molecular weight is 281 g/mol. The highest BCUT2D eigenvalue weighted by atomic mass is 79.9. The Morgan fingerprint density at radius 3 is 2.71 bits per heavy atom. The third kappa shape index (κ3) is 3.15. The summed E-state index contributed by atoms with van der Waals surface area (Å²) in [5, 5.41) is 0. The van der Waals surface area contributed by atoms with Gasteiger partial charge in [0.1, 0.15) is 4.66 Å². The predicted octanol–water partition coefficient (Wildman–Crippen LogP) is 1.18. The highest BCUT2D eigenvalue weighted by molar-refractivity contribution is 9.10. The largest absolute Gasteiger partial charge is 0.481 e. The Balaban J connectivity index is 2.79. The molecule has 1 heterocycles. The Labute approximate surface area is 90.7 Å². The summed E-state index contributed by atoms with van der Waals surface area (Å²) in [4.78, 5) is 3.85. The lowest BCUT2D eigenvalue weighted by molar-refractivity contribution is 0.398. The molecule has 0 aliphatic carbocycles. The SMILES string of the molecule is COc1ccc(NS(=O)(=O)CBr)cn1. The molecular formula is C7H9BrN2O3S. The standard InChI is InChI=1S/C7H9BrN2O3S/c1-13-7-3-2-6(4-9-7)10-14(11,12)5-8/h2-4,10H,5H2,1H3. The number of ether oxygens (including phenoxy) is 1. The first-order chi connectivity index (χ1) is 6.57. The second kappa shape index (κ2) is 4.61. The van der Waals surface area contributed by atoms with Crippen LogP contribution >= 0.6 is 15.9 Å². The molecule has 0 radical (unpaired) electrons. The lowest BCUT2D eigenvalue weighted by Gasteiger charge is -2.04. The van der Waals surface area contributed by atoms with Crippen LogP contribution in [-0.2, 0) is 10.0 Å². The summed E-state index contributed by atoms with van der Waals surface area (Å²) < 4.78 is 29.2. The Kier molecular flexibility index (Phi) is 3.70. The van der Waals surface area contributed by atoms with Gasteiger partial charge in [-0.1, -0.05) is 15.9 Å². The van der Waals surface area contributed by atoms with E-state index in [2.05, 4.69) is 25.6 Å². The minimum absolute atomic E-state index is 0.147. The van der Waals surface area contributed by atoms with Crippen molar-refractivity contribution < 1.29 is 13.2 Å². The van der Waals surface area contributed by atoms with Crippen LogP contribution in [0.4, 0.5) is 5.69 Å². The number of alkyl halides is 1. The third-order valence-corrected chi connectivity index (χ3v) is 4.00. The second-order valence-electron chi connectivity index (χ2n) is 2.42. The summed E-state index contributed by atoms with van der Waals surface area (Å²) in [5.41, 5.74) is 0.408. The first-order valence-electron chi connectivity index (χ1n) is 3.64. The smallest absolute Gasteiger partial charge is 0.242 e. The molecule has 0 aliphatic heterocycles. The van der Waals surface area contributed by atoms with Crippen LogP contribution in [0.5, 0.6) is 5.88 Å². The zero-order valence-corrected chi connectivity index (χ0v) is 9.80. The molecule has 1 rings (SSSR count). The summed E-state index contributed by atoms with van der Waals surface area (Å²) in [7, 11) is -1.82. The fraction of sp³-hybridized carbons (Fsp3) is 0.286. The van der Waals surface area contributed by atoms with Gasteiger partial charge >= 0.3 is 0 Å². The van der Waals surface area contributed by atoms with Crippen LogP contribution in [0.25, 0.3) is 0 Å². The third-order valence-electron chi connectivity index (χ3n) is 1.36. The lowest BCUT2D eigenvalue weighted by atomic mass is 10.4. The Morgan fingerprint density at radius 2 is 2.29 bits per heavy atom. The van der Waals surface area contributed by atoms with E-state index in [0.717, 1.165) is 0 Å². The first-order valence-corrected chi connectivity index (χ1v) is 6.41. The number of methoxy groups -OCH3 is 1. The van der Waals surface area contributed by atoms with E-state index in [0.29, 0.717) is 11.6 Å². The molecule has 1 aromatic rings. The molecule has 5 nitrogen and oxygen atoms in total. The van der Waals surface area contributed by atoms with E-state index in [1.807, 2.05) is 0 Å². The van der Waals surface area contributed by atoms with Crippen molar-refractivity contribution in [1.29, 1.82) is 0 Å². The average Bonchev–Trinajstić information content (AvgIpc) is 2.19. The van der Waals surface area contributed by atoms with E-state index >= 15 is 0 Å². The van der Waals surface area contributed by atoms with Crippen LogP contribution in [0.1, 0.15) is 0 Å². The summed E-state index contributed by atoms with van der Waals surface area (Å²) in [6, 6.07) is 3.15. The molecular weight excluding hydrogens is 272 g/mol. The predicted molar refractivity (Wildman–Crippen MR) is 57.1 cm³/mol. The van der Waals surface area contributed by atoms with Crippen molar-refractivity contribution in [2.24, 2.45) is 0 Å². The highest BCUT2D eigenvalue weighted by Gasteiger charge is 2.07. The van der Waals surface area contributed by atoms with Crippen LogP contribution in [0.2, 0.25) is 0 Å². The number of hydrogen-bond acceptors (Lipinski definition) is 4. The molecule has 0 saturated heterocycles. The van der Waals surface area contributed by atoms with Gasteiger partial charge in [-0.25, -0.2) is 13.4 Å². The van der Waals surface area contributed by atoms with Gasteiger partial charge in [0.05, 0.1) is 19.0 Å². The molecule has 14 heavy (non-hydrogen) atoms. The topological polar surface area (TPSA) is 68.3 Å². The Morgan fingerprint density at radius 1 is 1.57 bits per heavy atom. The maximum absolute atomic E-state index is 11.1. The minimum Gasteiger partial charge on any atom is -0.481 e. The molecule has 0 spiro atoms. The quantitative estimate of drug-likeness (QED) is 0.842. The monoisotopic (exact) mass is 280 g/mol. The number of pyridine rings is 1. The van der Waals surface area contributed by atoms with Crippen LogP contribution in [-0.4, -0.2) is 25.2 Å². The van der Waals surface area contributed by atoms with Crippen molar-refractivity contribution in [1.82, 2.24) is 4.98 Å². The van der Waals surface area contributed by atoms with Gasteiger partial charge in [0, 0.05) is 6.07 Å². The summed E-state index contributed by atoms with van der Waals surface area (Å²) in [6.45, 7) is 0. The number of aromatic nitrogens is 1. The molecule has 1 N–H and O–H groups in total. The number of anilines is 1. The molecule has 7 heteroatoms. The minimum atomic E-state index is -3.31. The molecule has 0 atom stereocenters. The number of hydrogen-bond donors (Lipinski definition) is 1. The van der Waals surface area contributed by atoms with Crippen LogP contribution in [0.3, 0.4) is 0 Å². The number of sulfonamides is 1. The van der Waals surface area contributed by atoms with Crippen molar-refractivity contribution >= 4 is 31.6 Å². The van der Waals surface area contributed by atoms with Crippen molar-refractivity contribution in [2.45, 2.75) is 0 Å². The number of nitrogens with one attached hydrogen (secondary N) is 1. The molecule has 0 amide bonds. The number of nitrogens with zero attached hydrogens (tertiary/aromatic N) is 1. The number of rotatable bonds is 4. The molecule has 0 saturated carbocycles. The molecule has 78 valence electrons. The molecule has 0 aromatic carbocycles. The maximum atomic E-state index is 11.1. The Hall–Kier alpha value is -0.820. The Bertz CT molecular complexity index is 390. The van der Waals surface area contributed by atoms with Gasteiger partial charge in [-0.3, -0.25) is 4.72 Å². The van der Waals surface area contributed by atoms with Gasteiger partial charge < -0.3 is 4.74 Å². The fourth-order valence-electron chi connectivity index (χ4n) is 0.768. The normalized spacial score (nSPS) is 11.0. The lowest BCUT2D eigenvalue weighted by Crippen LogP contribution is -2.13. The second-order valence-corrected chi connectivity index (χ2v) is 5.44. The summed E-state index contributed by atoms with van der Waals surface area (Å²) in [5.74, 6) is 0.437. The van der Waals surface area contributed by atoms with Gasteiger partial charge in [0.15, 0.2) is 0 Å². The zero-order valence-electron chi connectivity index (χ0n) is 7.40. The first kappa shape index (κ1) is 11.3. The number of halogens is 1. The van der Waals surface area contributed by atoms with Crippen molar-refractivity contribution in [3.63, 3.8) is 0 Å². The maximum Gasteiger partial charge on any atom is 0.242 e. The summed E-state index contributed by atoms with van der Waals surface area (Å²) in [6.07, 6.45) is 1.39. The van der Waals surface area contributed by atoms with Crippen LogP contribution in [0.15, 0.2) is 18.3 Å². The van der Waals surface area contributed by atoms with E-state index in [4.69, 9.17) is 4.74 Å². The zero-order chi connectivity index (χ0) is 10.6. The molecule has 0 fully saturated rings. The molecule has 0 unspecified atom stereocenters. The van der Waals surface area contributed by atoms with Crippen molar-refractivity contribution in [3.05, 3.63) is 18.3 Å². The van der Waals surface area contributed by atoms with Gasteiger partial charge in [-0.15, -0.1) is 0 Å². The van der Waals surface area contributed by atoms with Gasteiger partial charge in [-0.05, 0) is 6.07 Å². The van der Waals surface area contributed by atoms with Crippen molar-refractivity contribution in [3.8, 4) is 5.88 Å². The van der Waals surface area contributed by atoms with E-state index in [1.54, 1.807) is 12.1 Å². The molecule has 0 bridgehead atoms.